The van der Waals surface area contributed by atoms with Gasteiger partial charge < -0.3 is 19.7 Å². The number of H-pyrrole nitrogens is 1. The number of hydrogen-bond donors (Lipinski definition) is 2. The Hall–Kier alpha value is -2.13. The number of aromatic nitrogens is 2. The summed E-state index contributed by atoms with van der Waals surface area (Å²) in [6.07, 6.45) is 0.233. The molecule has 0 unspecified atom stereocenters. The lowest BCUT2D eigenvalue weighted by molar-refractivity contribution is 0.0221. The Kier molecular flexibility index (Phi) is 6.01. The molecule has 0 aliphatic carbocycles. The summed E-state index contributed by atoms with van der Waals surface area (Å²) in [5, 5.41) is 10.0. The number of nitrogens with one attached hydrogen (secondary N) is 2. The minimum atomic E-state index is -0.531. The fourth-order valence-corrected chi connectivity index (χ4v) is 3.22. The second-order valence-corrected chi connectivity index (χ2v) is 7.89. The zero-order valence-electron chi connectivity index (χ0n) is 16.3. The topological polar surface area (TPSA) is 99.8 Å². The zero-order chi connectivity index (χ0) is 19.4. The van der Waals surface area contributed by atoms with Gasteiger partial charge in [-0.3, -0.25) is 14.8 Å². The van der Waals surface area contributed by atoms with Crippen LogP contribution in [0.1, 0.15) is 42.5 Å². The molecule has 0 atom stereocenters. The van der Waals surface area contributed by atoms with E-state index in [0.29, 0.717) is 31.7 Å². The van der Waals surface area contributed by atoms with Crippen molar-refractivity contribution in [2.45, 2.75) is 39.3 Å². The summed E-state index contributed by atoms with van der Waals surface area (Å²) < 4.78 is 10.7. The van der Waals surface area contributed by atoms with E-state index in [1.54, 1.807) is 4.90 Å². The average Bonchev–Trinajstić information content (AvgIpc) is 3.04. The number of morpholine rings is 1. The van der Waals surface area contributed by atoms with Gasteiger partial charge in [0, 0.05) is 38.3 Å². The van der Waals surface area contributed by atoms with Gasteiger partial charge in [0.15, 0.2) is 5.69 Å². The Morgan fingerprint density at radius 1 is 1.26 bits per heavy atom. The number of nitrogens with zero attached hydrogens (tertiary/aromatic N) is 3. The Bertz CT molecular complexity index is 676. The number of rotatable bonds is 4. The van der Waals surface area contributed by atoms with E-state index in [0.717, 1.165) is 44.1 Å². The fraction of sp³-hybridized carbons (Fsp3) is 0.722. The molecule has 3 heterocycles. The highest BCUT2D eigenvalue weighted by molar-refractivity contribution is 5.94. The Morgan fingerprint density at radius 3 is 2.70 bits per heavy atom. The molecule has 9 heteroatoms. The van der Waals surface area contributed by atoms with E-state index in [1.165, 1.54) is 0 Å². The van der Waals surface area contributed by atoms with Crippen LogP contribution in [0.25, 0.3) is 0 Å². The van der Waals surface area contributed by atoms with E-state index in [1.807, 2.05) is 20.8 Å². The van der Waals surface area contributed by atoms with Crippen LogP contribution in [0.5, 0.6) is 0 Å². The monoisotopic (exact) mass is 379 g/mol. The summed E-state index contributed by atoms with van der Waals surface area (Å²) in [5.41, 5.74) is 1.58. The lowest BCUT2D eigenvalue weighted by Crippen LogP contribution is -2.42. The molecular formula is C18H29N5O4. The SMILES string of the molecule is CC(C)(C)OC(=O)N1CCc2c(C(=O)NCCN3CCOCC3)n[nH]c2C1. The molecule has 1 fully saturated rings. The van der Waals surface area contributed by atoms with E-state index >= 15 is 0 Å². The van der Waals surface area contributed by atoms with Gasteiger partial charge in [0.2, 0.25) is 0 Å². The van der Waals surface area contributed by atoms with Gasteiger partial charge >= 0.3 is 6.09 Å². The summed E-state index contributed by atoms with van der Waals surface area (Å²) in [6.45, 7) is 11.1. The molecule has 1 saturated heterocycles. The Balaban J connectivity index is 1.52. The normalized spacial score (nSPS) is 18.1. The molecule has 27 heavy (non-hydrogen) atoms. The van der Waals surface area contributed by atoms with Crippen LogP contribution in [-0.4, -0.2) is 83.5 Å². The van der Waals surface area contributed by atoms with Crippen LogP contribution in [0.2, 0.25) is 0 Å². The smallest absolute Gasteiger partial charge is 0.410 e. The molecule has 9 nitrogen and oxygen atoms in total. The van der Waals surface area contributed by atoms with Crippen molar-refractivity contribution >= 4 is 12.0 Å². The van der Waals surface area contributed by atoms with Crippen LogP contribution in [0.4, 0.5) is 4.79 Å². The number of carbonyl (C=O) groups is 2. The van der Waals surface area contributed by atoms with Gasteiger partial charge in [-0.25, -0.2) is 4.79 Å². The summed E-state index contributed by atoms with van der Waals surface area (Å²) >= 11 is 0. The zero-order valence-corrected chi connectivity index (χ0v) is 16.3. The molecule has 1 aromatic heterocycles. The summed E-state index contributed by atoms with van der Waals surface area (Å²) in [7, 11) is 0. The summed E-state index contributed by atoms with van der Waals surface area (Å²) in [4.78, 5) is 28.6. The van der Waals surface area contributed by atoms with E-state index in [4.69, 9.17) is 9.47 Å². The second kappa shape index (κ2) is 8.26. The molecule has 2 aliphatic rings. The van der Waals surface area contributed by atoms with E-state index in [2.05, 4.69) is 20.4 Å². The van der Waals surface area contributed by atoms with Gasteiger partial charge in [-0.15, -0.1) is 0 Å². The molecule has 1 aromatic rings. The predicted molar refractivity (Wildman–Crippen MR) is 98.5 cm³/mol. The van der Waals surface area contributed by atoms with Gasteiger partial charge in [-0.2, -0.15) is 5.10 Å². The van der Waals surface area contributed by atoms with E-state index in [9.17, 15) is 9.59 Å². The van der Waals surface area contributed by atoms with Crippen LogP contribution < -0.4 is 5.32 Å². The number of aromatic amines is 1. The van der Waals surface area contributed by atoms with Gasteiger partial charge in [0.25, 0.3) is 5.91 Å². The Morgan fingerprint density at radius 2 is 2.00 bits per heavy atom. The third kappa shape index (κ3) is 5.20. The third-order valence-electron chi connectivity index (χ3n) is 4.62. The maximum Gasteiger partial charge on any atom is 0.410 e. The number of amides is 2. The summed E-state index contributed by atoms with van der Waals surface area (Å²) in [5.74, 6) is -0.175. The molecule has 2 aliphatic heterocycles. The Labute approximate surface area is 159 Å². The van der Waals surface area contributed by atoms with Crippen molar-refractivity contribution < 1.29 is 19.1 Å². The number of fused-ring (bicyclic) bond motifs is 1. The maximum atomic E-state index is 12.5. The quantitative estimate of drug-likeness (QED) is 0.801. The molecule has 0 spiro atoms. The lowest BCUT2D eigenvalue weighted by atomic mass is 10.0. The first kappa shape index (κ1) is 19.6. The predicted octanol–water partition coefficient (Wildman–Crippen LogP) is 0.765. The standard InChI is InChI=1S/C18H29N5O4/c1-18(2,3)27-17(25)23-6-4-13-14(12-23)20-21-15(13)16(24)19-5-7-22-8-10-26-11-9-22/h4-12H2,1-3H3,(H,19,24)(H,20,21). The highest BCUT2D eigenvalue weighted by Crippen LogP contribution is 2.22. The van der Waals surface area contributed by atoms with Crippen molar-refractivity contribution in [3.8, 4) is 0 Å². The van der Waals surface area contributed by atoms with Gasteiger partial charge in [-0.1, -0.05) is 0 Å². The van der Waals surface area contributed by atoms with Gasteiger partial charge in [0.05, 0.1) is 25.5 Å². The van der Waals surface area contributed by atoms with Crippen molar-refractivity contribution in [1.29, 1.82) is 0 Å². The van der Waals surface area contributed by atoms with Crippen molar-refractivity contribution in [3.63, 3.8) is 0 Å². The van der Waals surface area contributed by atoms with Crippen molar-refractivity contribution in [1.82, 2.24) is 25.3 Å². The number of hydrogen-bond acceptors (Lipinski definition) is 6. The van der Waals surface area contributed by atoms with E-state index < -0.39 is 5.60 Å². The number of carbonyl (C=O) groups excluding carboxylic acids is 2. The van der Waals surface area contributed by atoms with Gasteiger partial charge in [-0.05, 0) is 27.2 Å². The van der Waals surface area contributed by atoms with E-state index in [-0.39, 0.29) is 12.0 Å². The molecule has 0 radical (unpaired) electrons. The molecule has 150 valence electrons. The van der Waals surface area contributed by atoms with Crippen LogP contribution in [-0.2, 0) is 22.4 Å². The molecule has 0 bridgehead atoms. The first-order valence-electron chi connectivity index (χ1n) is 9.46. The minimum absolute atomic E-state index is 0.175. The molecule has 2 amide bonds. The van der Waals surface area contributed by atoms with Crippen molar-refractivity contribution in [2.75, 3.05) is 45.9 Å². The summed E-state index contributed by atoms with van der Waals surface area (Å²) in [6, 6.07) is 0. The largest absolute Gasteiger partial charge is 0.444 e. The van der Waals surface area contributed by atoms with Crippen LogP contribution in [0, 0.1) is 0 Å². The molecule has 3 rings (SSSR count). The lowest BCUT2D eigenvalue weighted by Gasteiger charge is -2.29. The van der Waals surface area contributed by atoms with Crippen molar-refractivity contribution in [3.05, 3.63) is 17.0 Å². The maximum absolute atomic E-state index is 12.5. The third-order valence-corrected chi connectivity index (χ3v) is 4.62. The molecule has 2 N–H and O–H groups in total. The first-order valence-corrected chi connectivity index (χ1v) is 9.46. The second-order valence-electron chi connectivity index (χ2n) is 7.89. The minimum Gasteiger partial charge on any atom is -0.444 e. The molecule has 0 saturated carbocycles. The van der Waals surface area contributed by atoms with Crippen molar-refractivity contribution in [2.24, 2.45) is 0 Å². The molecular weight excluding hydrogens is 350 g/mol. The van der Waals surface area contributed by atoms with Gasteiger partial charge in [0.1, 0.15) is 5.60 Å². The average molecular weight is 379 g/mol. The van der Waals surface area contributed by atoms with Crippen LogP contribution >= 0.6 is 0 Å². The molecule has 0 aromatic carbocycles. The van der Waals surface area contributed by atoms with Crippen LogP contribution in [0.3, 0.4) is 0 Å². The highest BCUT2D eigenvalue weighted by atomic mass is 16.6. The highest BCUT2D eigenvalue weighted by Gasteiger charge is 2.29. The first-order chi connectivity index (χ1) is 12.8. The fourth-order valence-electron chi connectivity index (χ4n) is 3.22. The number of ether oxygens (including phenoxy) is 2. The van der Waals surface area contributed by atoms with Crippen LogP contribution in [0.15, 0.2) is 0 Å².